The Kier molecular flexibility index (Phi) is 2.98. The lowest BCUT2D eigenvalue weighted by Gasteiger charge is -2.17. The summed E-state index contributed by atoms with van der Waals surface area (Å²) in [7, 11) is 0. The molecule has 6 nitrogen and oxygen atoms in total. The lowest BCUT2D eigenvalue weighted by molar-refractivity contribution is -0.137. The second-order valence-electron chi connectivity index (χ2n) is 4.77. The van der Waals surface area contributed by atoms with Crippen LogP contribution in [0.15, 0.2) is 24.5 Å². The molecule has 1 aliphatic heterocycles. The number of carboxylic acids is 1. The Balaban J connectivity index is 1.79. The van der Waals surface area contributed by atoms with Crippen LogP contribution in [0, 0.1) is 5.92 Å². The van der Waals surface area contributed by atoms with Crippen molar-refractivity contribution in [3.63, 3.8) is 0 Å². The predicted octanol–water partition coefficient (Wildman–Crippen LogP) is 1.33. The van der Waals surface area contributed by atoms with E-state index in [1.807, 2.05) is 12.1 Å². The lowest BCUT2D eigenvalue weighted by Crippen LogP contribution is -2.21. The van der Waals surface area contributed by atoms with Gasteiger partial charge in [-0.05, 0) is 24.5 Å². The summed E-state index contributed by atoms with van der Waals surface area (Å²) in [6.07, 6.45) is 4.38. The van der Waals surface area contributed by atoms with Crippen LogP contribution in [-0.2, 0) is 4.79 Å². The molecule has 19 heavy (non-hydrogen) atoms. The maximum absolute atomic E-state index is 10.7. The van der Waals surface area contributed by atoms with Crippen LogP contribution in [0.2, 0.25) is 0 Å². The smallest absolute Gasteiger partial charge is 0.303 e. The van der Waals surface area contributed by atoms with Crippen molar-refractivity contribution in [3.05, 3.63) is 24.5 Å². The fourth-order valence-electron chi connectivity index (χ4n) is 2.47. The molecule has 1 unspecified atom stereocenters. The summed E-state index contributed by atoms with van der Waals surface area (Å²) in [6, 6.07) is 3.81. The number of aromatic nitrogens is 3. The Hall–Kier alpha value is -2.24. The summed E-state index contributed by atoms with van der Waals surface area (Å²) >= 11 is 0. The molecule has 0 aromatic carbocycles. The fraction of sp³-hybridized carbons (Fsp3) is 0.385. The molecule has 1 N–H and O–H groups in total. The van der Waals surface area contributed by atoms with Gasteiger partial charge in [-0.15, -0.1) is 0 Å². The van der Waals surface area contributed by atoms with Gasteiger partial charge in [-0.25, -0.2) is 9.97 Å². The monoisotopic (exact) mass is 258 g/mol. The van der Waals surface area contributed by atoms with Crippen molar-refractivity contribution in [1.29, 1.82) is 0 Å². The summed E-state index contributed by atoms with van der Waals surface area (Å²) in [4.78, 5) is 25.7. The van der Waals surface area contributed by atoms with E-state index in [9.17, 15) is 4.79 Å². The minimum Gasteiger partial charge on any atom is -0.481 e. The van der Waals surface area contributed by atoms with Crippen molar-refractivity contribution in [2.24, 2.45) is 5.92 Å². The van der Waals surface area contributed by atoms with Gasteiger partial charge >= 0.3 is 5.97 Å². The van der Waals surface area contributed by atoms with Crippen molar-refractivity contribution in [2.75, 3.05) is 18.0 Å². The summed E-state index contributed by atoms with van der Waals surface area (Å²) in [6.45, 7) is 1.59. The second-order valence-corrected chi connectivity index (χ2v) is 4.77. The zero-order valence-electron chi connectivity index (χ0n) is 10.4. The minimum absolute atomic E-state index is 0.205. The minimum atomic E-state index is -0.732. The summed E-state index contributed by atoms with van der Waals surface area (Å²) in [5, 5.41) is 8.82. The van der Waals surface area contributed by atoms with Gasteiger partial charge in [0.05, 0.1) is 0 Å². The predicted molar refractivity (Wildman–Crippen MR) is 69.9 cm³/mol. The molecule has 2 aromatic rings. The number of nitrogens with zero attached hydrogens (tertiary/aromatic N) is 4. The number of carbonyl (C=O) groups is 1. The number of fused-ring (bicyclic) bond motifs is 1. The molecule has 0 aliphatic carbocycles. The molecule has 98 valence electrons. The standard InChI is InChI=1S/C13H14N4O2/c18-12(19)7-9-3-6-17(8-9)11-2-1-10-13(16-11)15-5-4-14-10/h1-2,4-5,9H,3,6-8H2,(H,18,19). The Labute approximate surface area is 110 Å². The fourth-order valence-corrected chi connectivity index (χ4v) is 2.47. The van der Waals surface area contributed by atoms with E-state index in [0.717, 1.165) is 30.8 Å². The lowest BCUT2D eigenvalue weighted by atomic mass is 10.1. The summed E-state index contributed by atoms with van der Waals surface area (Å²) in [5.41, 5.74) is 1.40. The van der Waals surface area contributed by atoms with Crippen molar-refractivity contribution in [3.8, 4) is 0 Å². The molecular weight excluding hydrogens is 244 g/mol. The molecular formula is C13H14N4O2. The molecule has 1 saturated heterocycles. The number of hydrogen-bond acceptors (Lipinski definition) is 5. The van der Waals surface area contributed by atoms with Crippen LogP contribution in [0.25, 0.3) is 11.2 Å². The van der Waals surface area contributed by atoms with Crippen LogP contribution in [0.4, 0.5) is 5.82 Å². The summed E-state index contributed by atoms with van der Waals surface area (Å²) < 4.78 is 0. The van der Waals surface area contributed by atoms with E-state index < -0.39 is 5.97 Å². The maximum atomic E-state index is 10.7. The zero-order valence-corrected chi connectivity index (χ0v) is 10.4. The highest BCUT2D eigenvalue weighted by molar-refractivity contribution is 5.72. The van der Waals surface area contributed by atoms with Gasteiger partial charge in [0.25, 0.3) is 0 Å². The topological polar surface area (TPSA) is 79.2 Å². The van der Waals surface area contributed by atoms with Crippen molar-refractivity contribution >= 4 is 23.0 Å². The van der Waals surface area contributed by atoms with Crippen LogP contribution in [0.1, 0.15) is 12.8 Å². The number of rotatable bonds is 3. The number of hydrogen-bond donors (Lipinski definition) is 1. The van der Waals surface area contributed by atoms with Gasteiger partial charge in [0.1, 0.15) is 11.3 Å². The molecule has 1 aliphatic rings. The zero-order chi connectivity index (χ0) is 13.2. The Morgan fingerprint density at radius 3 is 3.05 bits per heavy atom. The first kappa shape index (κ1) is 11.8. The van der Waals surface area contributed by atoms with E-state index in [2.05, 4.69) is 19.9 Å². The van der Waals surface area contributed by atoms with Gasteiger partial charge in [0.15, 0.2) is 5.65 Å². The van der Waals surface area contributed by atoms with E-state index >= 15 is 0 Å². The number of pyridine rings is 1. The maximum Gasteiger partial charge on any atom is 0.303 e. The normalized spacial score (nSPS) is 18.9. The highest BCUT2D eigenvalue weighted by Crippen LogP contribution is 2.25. The first-order valence-electron chi connectivity index (χ1n) is 6.27. The molecule has 0 radical (unpaired) electrons. The number of anilines is 1. The van der Waals surface area contributed by atoms with E-state index in [-0.39, 0.29) is 12.3 Å². The van der Waals surface area contributed by atoms with Crippen molar-refractivity contribution in [1.82, 2.24) is 15.0 Å². The second kappa shape index (κ2) is 4.79. The van der Waals surface area contributed by atoms with Crippen LogP contribution < -0.4 is 4.90 Å². The third kappa shape index (κ3) is 2.47. The number of aliphatic carboxylic acids is 1. The molecule has 0 amide bonds. The average molecular weight is 258 g/mol. The molecule has 0 saturated carbocycles. The third-order valence-corrected chi connectivity index (χ3v) is 3.39. The first-order chi connectivity index (χ1) is 9.22. The Morgan fingerprint density at radius 1 is 1.37 bits per heavy atom. The molecule has 2 aromatic heterocycles. The molecule has 1 fully saturated rings. The van der Waals surface area contributed by atoms with Gasteiger partial charge in [-0.3, -0.25) is 9.78 Å². The molecule has 3 heterocycles. The highest BCUT2D eigenvalue weighted by Gasteiger charge is 2.25. The third-order valence-electron chi connectivity index (χ3n) is 3.39. The Bertz CT molecular complexity index is 616. The van der Waals surface area contributed by atoms with Gasteiger partial charge in [0, 0.05) is 31.9 Å². The Morgan fingerprint density at radius 2 is 2.21 bits per heavy atom. The summed E-state index contributed by atoms with van der Waals surface area (Å²) in [5.74, 6) is 0.321. The average Bonchev–Trinajstić information content (AvgIpc) is 2.86. The first-order valence-corrected chi connectivity index (χ1v) is 6.27. The van der Waals surface area contributed by atoms with Gasteiger partial charge in [-0.1, -0.05) is 0 Å². The van der Waals surface area contributed by atoms with E-state index in [0.29, 0.717) is 5.65 Å². The van der Waals surface area contributed by atoms with Crippen LogP contribution >= 0.6 is 0 Å². The highest BCUT2D eigenvalue weighted by atomic mass is 16.4. The molecule has 3 rings (SSSR count). The SMILES string of the molecule is O=C(O)CC1CCN(c2ccc3nccnc3n2)C1. The van der Waals surface area contributed by atoms with Crippen molar-refractivity contribution in [2.45, 2.75) is 12.8 Å². The molecule has 1 atom stereocenters. The van der Waals surface area contributed by atoms with Crippen LogP contribution in [0.5, 0.6) is 0 Å². The van der Waals surface area contributed by atoms with E-state index in [1.165, 1.54) is 0 Å². The molecule has 6 heteroatoms. The van der Waals surface area contributed by atoms with Gasteiger partial charge < -0.3 is 10.0 Å². The molecule has 0 spiro atoms. The van der Waals surface area contributed by atoms with E-state index in [1.54, 1.807) is 12.4 Å². The quantitative estimate of drug-likeness (QED) is 0.894. The van der Waals surface area contributed by atoms with Gasteiger partial charge in [-0.2, -0.15) is 0 Å². The van der Waals surface area contributed by atoms with Gasteiger partial charge in [0.2, 0.25) is 0 Å². The molecule has 0 bridgehead atoms. The van der Waals surface area contributed by atoms with Crippen molar-refractivity contribution < 1.29 is 9.90 Å². The van der Waals surface area contributed by atoms with E-state index in [4.69, 9.17) is 5.11 Å². The van der Waals surface area contributed by atoms with Crippen LogP contribution in [0.3, 0.4) is 0 Å². The van der Waals surface area contributed by atoms with Crippen LogP contribution in [-0.4, -0.2) is 39.1 Å². The largest absolute Gasteiger partial charge is 0.481 e. The number of carboxylic acid groups (broad SMARTS) is 1.